The lowest BCUT2D eigenvalue weighted by molar-refractivity contribution is -0.484. The van der Waals surface area contributed by atoms with Gasteiger partial charge in [0.15, 0.2) is 6.29 Å². The number of ether oxygens (including phenoxy) is 2. The van der Waals surface area contributed by atoms with Crippen molar-refractivity contribution in [2.45, 2.75) is 19.1 Å². The maximum Gasteiger partial charge on any atom is 0.208 e. The summed E-state index contributed by atoms with van der Waals surface area (Å²) in [6, 6.07) is 0. The van der Waals surface area contributed by atoms with Gasteiger partial charge in [0, 0.05) is 4.92 Å². The molecule has 0 N–H and O–H groups in total. The van der Waals surface area contributed by atoms with E-state index in [1.165, 1.54) is 0 Å². The van der Waals surface area contributed by atoms with Crippen LogP contribution in [-0.4, -0.2) is 31.0 Å². The van der Waals surface area contributed by atoms with Crippen LogP contribution in [0.4, 0.5) is 0 Å². The smallest absolute Gasteiger partial charge is 0.208 e. The van der Waals surface area contributed by atoms with E-state index in [4.69, 9.17) is 9.47 Å². The van der Waals surface area contributed by atoms with Crippen molar-refractivity contribution in [1.29, 1.82) is 0 Å². The van der Waals surface area contributed by atoms with Crippen LogP contribution in [0.25, 0.3) is 0 Å². The number of nitrogens with zero attached hydrogens (tertiary/aromatic N) is 1. The third-order valence-electron chi connectivity index (χ3n) is 1.44. The molecule has 0 aromatic rings. The first kappa shape index (κ1) is 8.42. The predicted molar refractivity (Wildman–Crippen MR) is 36.8 cm³/mol. The minimum absolute atomic E-state index is 0.0787. The third-order valence-corrected chi connectivity index (χ3v) is 1.44. The summed E-state index contributed by atoms with van der Waals surface area (Å²) < 4.78 is 10.2. The van der Waals surface area contributed by atoms with E-state index in [1.54, 1.807) is 0 Å². The highest BCUT2D eigenvalue weighted by molar-refractivity contribution is 4.50. The third kappa shape index (κ3) is 3.29. The van der Waals surface area contributed by atoms with E-state index in [0.29, 0.717) is 19.6 Å². The van der Waals surface area contributed by atoms with Gasteiger partial charge in [0.1, 0.15) is 0 Å². The maximum absolute atomic E-state index is 9.94. The molecule has 1 heterocycles. The first-order valence-corrected chi connectivity index (χ1v) is 3.64. The molecule has 0 unspecified atom stereocenters. The first-order chi connectivity index (χ1) is 5.29. The van der Waals surface area contributed by atoms with Gasteiger partial charge in [-0.25, -0.2) is 0 Å². The zero-order chi connectivity index (χ0) is 8.10. The molecule has 11 heavy (non-hydrogen) atoms. The molecule has 0 aromatic carbocycles. The summed E-state index contributed by atoms with van der Waals surface area (Å²) in [6.45, 7) is 1.23. The van der Waals surface area contributed by atoms with Gasteiger partial charge in [-0.05, 0) is 6.42 Å². The van der Waals surface area contributed by atoms with Crippen molar-refractivity contribution in [2.75, 3.05) is 19.8 Å². The standard InChI is InChI=1S/C6H11NO4/c8-7(9)3-2-6-10-4-1-5-11-6/h6H,1-5H2. The molecule has 5 nitrogen and oxygen atoms in total. The fourth-order valence-electron chi connectivity index (χ4n) is 0.914. The molecule has 5 heteroatoms. The molecule has 0 amide bonds. The zero-order valence-electron chi connectivity index (χ0n) is 6.19. The lowest BCUT2D eigenvalue weighted by atomic mass is 10.4. The second-order valence-electron chi connectivity index (χ2n) is 2.37. The summed E-state index contributed by atoms with van der Waals surface area (Å²) in [5, 5.41) is 9.94. The van der Waals surface area contributed by atoms with Crippen LogP contribution in [0.15, 0.2) is 0 Å². The van der Waals surface area contributed by atoms with Crippen molar-refractivity contribution in [2.24, 2.45) is 0 Å². The minimum Gasteiger partial charge on any atom is -0.352 e. The Morgan fingerprint density at radius 3 is 2.64 bits per heavy atom. The Hall–Kier alpha value is -0.680. The Morgan fingerprint density at radius 1 is 1.45 bits per heavy atom. The number of nitro groups is 1. The molecule has 0 atom stereocenters. The Bertz CT molecular complexity index is 133. The van der Waals surface area contributed by atoms with Crippen molar-refractivity contribution in [3.8, 4) is 0 Å². The van der Waals surface area contributed by atoms with Gasteiger partial charge in [-0.1, -0.05) is 0 Å². The lowest BCUT2D eigenvalue weighted by Crippen LogP contribution is -2.26. The fraction of sp³-hybridized carbons (Fsp3) is 1.00. The van der Waals surface area contributed by atoms with Crippen LogP contribution in [0.2, 0.25) is 0 Å². The van der Waals surface area contributed by atoms with Gasteiger partial charge in [0.2, 0.25) is 6.54 Å². The number of hydrogen-bond donors (Lipinski definition) is 0. The second-order valence-corrected chi connectivity index (χ2v) is 2.37. The molecule has 0 spiro atoms. The highest BCUT2D eigenvalue weighted by Crippen LogP contribution is 2.07. The average Bonchev–Trinajstić information content (AvgIpc) is 2.03. The van der Waals surface area contributed by atoms with E-state index in [-0.39, 0.29) is 17.8 Å². The molecule has 1 fully saturated rings. The summed E-state index contributed by atoms with van der Waals surface area (Å²) in [5.41, 5.74) is 0. The average molecular weight is 161 g/mol. The predicted octanol–water partition coefficient (Wildman–Crippen LogP) is 0.416. The van der Waals surface area contributed by atoms with Crippen molar-refractivity contribution >= 4 is 0 Å². The van der Waals surface area contributed by atoms with Crippen LogP contribution < -0.4 is 0 Å². The van der Waals surface area contributed by atoms with Crippen molar-refractivity contribution in [3.63, 3.8) is 0 Å². The molecule has 0 aromatic heterocycles. The molecule has 0 aliphatic carbocycles. The minimum atomic E-state index is -0.360. The zero-order valence-corrected chi connectivity index (χ0v) is 6.19. The number of hydrogen-bond acceptors (Lipinski definition) is 4. The highest BCUT2D eigenvalue weighted by atomic mass is 16.7. The molecule has 0 radical (unpaired) electrons. The maximum atomic E-state index is 9.94. The van der Waals surface area contributed by atoms with Gasteiger partial charge in [0.05, 0.1) is 19.6 Å². The van der Waals surface area contributed by atoms with Crippen LogP contribution in [-0.2, 0) is 9.47 Å². The Kier molecular flexibility index (Phi) is 3.25. The molecular weight excluding hydrogens is 150 g/mol. The summed E-state index contributed by atoms with van der Waals surface area (Å²) in [5.74, 6) is 0. The van der Waals surface area contributed by atoms with Crippen molar-refractivity contribution in [3.05, 3.63) is 10.1 Å². The molecule has 1 aliphatic heterocycles. The first-order valence-electron chi connectivity index (χ1n) is 3.64. The quantitative estimate of drug-likeness (QED) is 0.444. The van der Waals surface area contributed by atoms with E-state index in [0.717, 1.165) is 6.42 Å². The fourth-order valence-corrected chi connectivity index (χ4v) is 0.914. The van der Waals surface area contributed by atoms with Crippen LogP contribution in [0.3, 0.4) is 0 Å². The van der Waals surface area contributed by atoms with E-state index in [2.05, 4.69) is 0 Å². The largest absolute Gasteiger partial charge is 0.352 e. The van der Waals surface area contributed by atoms with Crippen LogP contribution in [0.5, 0.6) is 0 Å². The second kappa shape index (κ2) is 4.25. The summed E-state index contributed by atoms with van der Waals surface area (Å²) in [4.78, 5) is 9.58. The normalized spacial score (nSPS) is 20.0. The van der Waals surface area contributed by atoms with Gasteiger partial charge in [0.25, 0.3) is 0 Å². The topological polar surface area (TPSA) is 61.6 Å². The van der Waals surface area contributed by atoms with Gasteiger partial charge < -0.3 is 9.47 Å². The van der Waals surface area contributed by atoms with E-state index in [9.17, 15) is 10.1 Å². The van der Waals surface area contributed by atoms with Gasteiger partial charge in [-0.15, -0.1) is 0 Å². The molecule has 0 bridgehead atoms. The molecule has 64 valence electrons. The molecule has 1 aliphatic rings. The van der Waals surface area contributed by atoms with Crippen LogP contribution in [0, 0.1) is 10.1 Å². The molecule has 1 saturated heterocycles. The van der Waals surface area contributed by atoms with Crippen LogP contribution in [0.1, 0.15) is 12.8 Å². The van der Waals surface area contributed by atoms with Crippen molar-refractivity contribution in [1.82, 2.24) is 0 Å². The highest BCUT2D eigenvalue weighted by Gasteiger charge is 2.15. The summed E-state index contributed by atoms with van der Waals surface area (Å²) in [7, 11) is 0. The van der Waals surface area contributed by atoms with Gasteiger partial charge in [-0.3, -0.25) is 10.1 Å². The summed E-state index contributed by atoms with van der Waals surface area (Å²) in [6.07, 6.45) is 0.885. The lowest BCUT2D eigenvalue weighted by Gasteiger charge is -2.21. The van der Waals surface area contributed by atoms with Gasteiger partial charge >= 0.3 is 0 Å². The summed E-state index contributed by atoms with van der Waals surface area (Å²) >= 11 is 0. The van der Waals surface area contributed by atoms with Gasteiger partial charge in [-0.2, -0.15) is 0 Å². The monoisotopic (exact) mass is 161 g/mol. The SMILES string of the molecule is O=[N+]([O-])CCC1OCCCO1. The Labute approximate surface area is 64.4 Å². The van der Waals surface area contributed by atoms with Crippen LogP contribution >= 0.6 is 0 Å². The van der Waals surface area contributed by atoms with E-state index in [1.807, 2.05) is 0 Å². The Balaban J connectivity index is 2.09. The molecule has 0 saturated carbocycles. The Morgan fingerprint density at radius 2 is 2.09 bits per heavy atom. The van der Waals surface area contributed by atoms with E-state index < -0.39 is 0 Å². The van der Waals surface area contributed by atoms with Crippen molar-refractivity contribution < 1.29 is 14.4 Å². The number of rotatable bonds is 3. The van der Waals surface area contributed by atoms with E-state index >= 15 is 0 Å². The molecule has 1 rings (SSSR count). The molecular formula is C6H11NO4.